The maximum Gasteiger partial charge on any atom is 0.420 e. The molecular weight excluding hydrogens is 336 g/mol. The molecule has 25 heavy (non-hydrogen) atoms. The molecule has 1 rings (SSSR count). The standard InChI is InChI=1S/C15H18N2O8/c1-15(2,3)25-14(21)16(13(20)24-4)8-10-9(12(18)19)6-5-7-11(10)17(22)23/h5-7H,8H2,1-4H3,(H,18,19). The Morgan fingerprint density at radius 3 is 2.28 bits per heavy atom. The van der Waals surface area contributed by atoms with E-state index in [-0.39, 0.29) is 5.56 Å². The van der Waals surface area contributed by atoms with Crippen LogP contribution in [0.1, 0.15) is 36.7 Å². The zero-order chi connectivity index (χ0) is 19.4. The number of benzene rings is 1. The summed E-state index contributed by atoms with van der Waals surface area (Å²) in [6, 6.07) is 3.41. The molecule has 0 saturated heterocycles. The predicted octanol–water partition coefficient (Wildman–Crippen LogP) is 2.80. The van der Waals surface area contributed by atoms with Gasteiger partial charge >= 0.3 is 18.2 Å². The molecule has 10 nitrogen and oxygen atoms in total. The molecule has 136 valence electrons. The van der Waals surface area contributed by atoms with Gasteiger partial charge < -0.3 is 14.6 Å². The van der Waals surface area contributed by atoms with Gasteiger partial charge in [-0.05, 0) is 26.8 Å². The van der Waals surface area contributed by atoms with E-state index in [0.717, 1.165) is 19.2 Å². The number of nitro groups is 1. The van der Waals surface area contributed by atoms with Gasteiger partial charge in [-0.1, -0.05) is 6.07 Å². The van der Waals surface area contributed by atoms with Gasteiger partial charge in [0.15, 0.2) is 0 Å². The summed E-state index contributed by atoms with van der Waals surface area (Å²) < 4.78 is 9.55. The molecule has 0 aliphatic carbocycles. The highest BCUT2D eigenvalue weighted by Gasteiger charge is 2.32. The van der Waals surface area contributed by atoms with Gasteiger partial charge in [-0.15, -0.1) is 0 Å². The Labute approximate surface area is 143 Å². The SMILES string of the molecule is COC(=O)N(Cc1c(C(=O)O)cccc1[N+](=O)[O-])C(=O)OC(C)(C)C. The molecule has 0 aliphatic rings. The number of aromatic carboxylic acids is 1. The monoisotopic (exact) mass is 354 g/mol. The number of nitrogens with zero attached hydrogens (tertiary/aromatic N) is 2. The molecule has 0 atom stereocenters. The van der Waals surface area contributed by atoms with Crippen molar-refractivity contribution in [2.45, 2.75) is 32.9 Å². The van der Waals surface area contributed by atoms with Gasteiger partial charge in [-0.25, -0.2) is 19.3 Å². The molecule has 0 aromatic heterocycles. The number of ether oxygens (including phenoxy) is 2. The lowest BCUT2D eigenvalue weighted by molar-refractivity contribution is -0.385. The second kappa shape index (κ2) is 7.60. The third-order valence-corrected chi connectivity index (χ3v) is 2.90. The maximum atomic E-state index is 12.2. The molecule has 0 aliphatic heterocycles. The second-order valence-corrected chi connectivity index (χ2v) is 5.90. The molecule has 0 radical (unpaired) electrons. The highest BCUT2D eigenvalue weighted by molar-refractivity contribution is 5.92. The van der Waals surface area contributed by atoms with Crippen molar-refractivity contribution < 1.29 is 33.9 Å². The van der Waals surface area contributed by atoms with Crippen LogP contribution in [0.2, 0.25) is 0 Å². The van der Waals surface area contributed by atoms with Crippen LogP contribution in [0, 0.1) is 10.1 Å². The highest BCUT2D eigenvalue weighted by Crippen LogP contribution is 2.25. The molecule has 0 saturated carbocycles. The van der Waals surface area contributed by atoms with Crippen molar-refractivity contribution in [3.05, 3.63) is 39.4 Å². The number of amides is 2. The number of carboxylic acid groups (broad SMARTS) is 1. The van der Waals surface area contributed by atoms with Crippen LogP contribution >= 0.6 is 0 Å². The van der Waals surface area contributed by atoms with E-state index in [1.54, 1.807) is 20.8 Å². The minimum absolute atomic E-state index is 0.323. The number of hydrogen-bond acceptors (Lipinski definition) is 7. The lowest BCUT2D eigenvalue weighted by atomic mass is 10.0. The van der Waals surface area contributed by atoms with Crippen molar-refractivity contribution in [1.29, 1.82) is 0 Å². The summed E-state index contributed by atoms with van der Waals surface area (Å²) in [7, 11) is 1.01. The third kappa shape index (κ3) is 5.16. The van der Waals surface area contributed by atoms with E-state index in [4.69, 9.17) is 4.74 Å². The fourth-order valence-electron chi connectivity index (χ4n) is 1.90. The lowest BCUT2D eigenvalue weighted by Gasteiger charge is -2.25. The quantitative estimate of drug-likeness (QED) is 0.644. The van der Waals surface area contributed by atoms with Crippen LogP contribution in [-0.2, 0) is 16.0 Å². The first-order chi connectivity index (χ1) is 11.5. The van der Waals surface area contributed by atoms with Crippen molar-refractivity contribution in [1.82, 2.24) is 4.90 Å². The van der Waals surface area contributed by atoms with Crippen LogP contribution in [0.3, 0.4) is 0 Å². The fraction of sp³-hybridized carbons (Fsp3) is 0.400. The van der Waals surface area contributed by atoms with E-state index in [2.05, 4.69) is 4.74 Å². The van der Waals surface area contributed by atoms with E-state index >= 15 is 0 Å². The average molecular weight is 354 g/mol. The smallest absolute Gasteiger partial charge is 0.420 e. The van der Waals surface area contributed by atoms with Crippen molar-refractivity contribution in [2.75, 3.05) is 7.11 Å². The van der Waals surface area contributed by atoms with Gasteiger partial charge in [-0.3, -0.25) is 10.1 Å². The minimum Gasteiger partial charge on any atom is -0.478 e. The molecule has 0 fully saturated rings. The lowest BCUT2D eigenvalue weighted by Crippen LogP contribution is -2.40. The van der Waals surface area contributed by atoms with Gasteiger partial charge in [0.2, 0.25) is 0 Å². The van der Waals surface area contributed by atoms with Gasteiger partial charge in [-0.2, -0.15) is 0 Å². The summed E-state index contributed by atoms with van der Waals surface area (Å²) in [5, 5.41) is 20.4. The summed E-state index contributed by atoms with van der Waals surface area (Å²) >= 11 is 0. The van der Waals surface area contributed by atoms with Crippen LogP contribution in [-0.4, -0.2) is 45.8 Å². The first-order valence-corrected chi connectivity index (χ1v) is 7.06. The molecule has 10 heteroatoms. The number of rotatable bonds is 4. The molecular formula is C15H18N2O8. The van der Waals surface area contributed by atoms with Gasteiger partial charge in [0.05, 0.1) is 29.7 Å². The average Bonchev–Trinajstić information content (AvgIpc) is 2.49. The highest BCUT2D eigenvalue weighted by atomic mass is 16.6. The summed E-state index contributed by atoms with van der Waals surface area (Å²) in [5.74, 6) is -1.44. The van der Waals surface area contributed by atoms with Crippen LogP contribution in [0.5, 0.6) is 0 Å². The number of carboxylic acids is 1. The summed E-state index contributed by atoms with van der Waals surface area (Å²) in [6.45, 7) is 4.00. The molecule has 1 N–H and O–H groups in total. The Morgan fingerprint density at radius 2 is 1.84 bits per heavy atom. The van der Waals surface area contributed by atoms with Crippen LogP contribution < -0.4 is 0 Å². The first-order valence-electron chi connectivity index (χ1n) is 7.06. The molecule has 1 aromatic rings. The summed E-state index contributed by atoms with van der Waals surface area (Å²) in [5.41, 5.74) is -2.22. The Hall–Kier alpha value is -3.17. The van der Waals surface area contributed by atoms with E-state index in [1.807, 2.05) is 0 Å². The maximum absolute atomic E-state index is 12.2. The zero-order valence-electron chi connectivity index (χ0n) is 14.1. The number of imide groups is 1. The Morgan fingerprint density at radius 1 is 1.24 bits per heavy atom. The van der Waals surface area contributed by atoms with E-state index in [1.165, 1.54) is 6.07 Å². The number of carbonyl (C=O) groups excluding carboxylic acids is 2. The van der Waals surface area contributed by atoms with Crippen molar-refractivity contribution in [3.8, 4) is 0 Å². The zero-order valence-corrected chi connectivity index (χ0v) is 14.1. The van der Waals surface area contributed by atoms with E-state index in [9.17, 15) is 29.6 Å². The Balaban J connectivity index is 3.38. The molecule has 2 amide bonds. The van der Waals surface area contributed by atoms with Crippen molar-refractivity contribution in [3.63, 3.8) is 0 Å². The van der Waals surface area contributed by atoms with Crippen LogP contribution in [0.15, 0.2) is 18.2 Å². The van der Waals surface area contributed by atoms with Crippen molar-refractivity contribution >= 4 is 23.8 Å². The Kier molecular flexibility index (Phi) is 6.04. The van der Waals surface area contributed by atoms with Gasteiger partial charge in [0.25, 0.3) is 5.69 Å². The number of methoxy groups -OCH3 is 1. The first kappa shape index (κ1) is 19.9. The molecule has 0 heterocycles. The molecule has 0 spiro atoms. The Bertz CT molecular complexity index is 676. The number of hydrogen-bond donors (Lipinski definition) is 1. The van der Waals surface area contributed by atoms with Crippen molar-refractivity contribution in [2.24, 2.45) is 0 Å². The molecule has 0 bridgehead atoms. The molecule has 1 aromatic carbocycles. The molecule has 0 unspecified atom stereocenters. The summed E-state index contributed by atoms with van der Waals surface area (Å²) in [6.07, 6.45) is -2.25. The van der Waals surface area contributed by atoms with Gasteiger partial charge in [0.1, 0.15) is 5.60 Å². The number of carbonyl (C=O) groups is 3. The van der Waals surface area contributed by atoms with Crippen LogP contribution in [0.4, 0.5) is 15.3 Å². The largest absolute Gasteiger partial charge is 0.478 e. The second-order valence-electron chi connectivity index (χ2n) is 5.90. The number of nitro benzene ring substituents is 1. The normalized spacial score (nSPS) is 10.7. The van der Waals surface area contributed by atoms with E-state index in [0.29, 0.717) is 4.90 Å². The van der Waals surface area contributed by atoms with Crippen LogP contribution in [0.25, 0.3) is 0 Å². The van der Waals surface area contributed by atoms with E-state index < -0.39 is 46.5 Å². The summed E-state index contributed by atoms with van der Waals surface area (Å²) in [4.78, 5) is 46.3. The fourth-order valence-corrected chi connectivity index (χ4v) is 1.90. The van der Waals surface area contributed by atoms with Gasteiger partial charge in [0, 0.05) is 6.07 Å². The predicted molar refractivity (Wildman–Crippen MR) is 84.2 cm³/mol. The minimum atomic E-state index is -1.44. The third-order valence-electron chi connectivity index (χ3n) is 2.90. The topological polar surface area (TPSA) is 136 Å².